The maximum absolute atomic E-state index is 13.1. The number of carbonyl (C=O) groups is 1. The Balaban J connectivity index is 1.85. The van der Waals surface area contributed by atoms with Crippen molar-refractivity contribution in [3.05, 3.63) is 95.0 Å². The van der Waals surface area contributed by atoms with Gasteiger partial charge in [-0.2, -0.15) is 0 Å². The predicted molar refractivity (Wildman–Crippen MR) is 120 cm³/mol. The fraction of sp³-hybridized carbons (Fsp3) is 0.174. The molecule has 1 amide bonds. The lowest BCUT2D eigenvalue weighted by Gasteiger charge is -2.23. The van der Waals surface area contributed by atoms with E-state index in [1.54, 1.807) is 29.2 Å². The molecule has 0 aromatic heterocycles. The first kappa shape index (κ1) is 21.9. The molecule has 0 aliphatic rings. The largest absolute Gasteiger partial charge is 0.335 e. The van der Waals surface area contributed by atoms with Crippen molar-refractivity contribution in [1.82, 2.24) is 4.90 Å². The molecule has 0 bridgehead atoms. The Morgan fingerprint density at radius 1 is 0.933 bits per heavy atom. The third-order valence-electron chi connectivity index (χ3n) is 4.81. The minimum atomic E-state index is -3.78. The summed E-state index contributed by atoms with van der Waals surface area (Å²) in [5.74, 6) is -0.152. The molecule has 0 unspecified atom stereocenters. The Bertz CT molecular complexity index is 1120. The number of halogens is 1. The summed E-state index contributed by atoms with van der Waals surface area (Å²) < 4.78 is 27.1. The zero-order chi connectivity index (χ0) is 21.7. The molecular formula is C23H23ClN2O3S. The molecule has 0 saturated carbocycles. The normalized spacial score (nSPS) is 11.2. The van der Waals surface area contributed by atoms with Gasteiger partial charge in [0.2, 0.25) is 0 Å². The van der Waals surface area contributed by atoms with Crippen LogP contribution in [-0.2, 0) is 16.6 Å². The van der Waals surface area contributed by atoms with Gasteiger partial charge in [0.1, 0.15) is 0 Å². The lowest BCUT2D eigenvalue weighted by atomic mass is 10.1. The van der Waals surface area contributed by atoms with Crippen LogP contribution in [0.25, 0.3) is 0 Å². The standard InChI is InChI=1S/C23H23ClN2O3S/c1-3-26(17-18-8-5-4-6-9-18)23(27)19-10-7-11-21(16-19)25(2)30(28,29)22-14-12-20(24)13-15-22/h4-16H,3,17H2,1-2H3. The second-order valence-electron chi connectivity index (χ2n) is 6.78. The van der Waals surface area contributed by atoms with Crippen molar-refractivity contribution in [2.24, 2.45) is 0 Å². The number of rotatable bonds is 7. The molecule has 5 nitrogen and oxygen atoms in total. The maximum atomic E-state index is 13.1. The molecule has 0 N–H and O–H groups in total. The van der Waals surface area contributed by atoms with E-state index >= 15 is 0 Å². The maximum Gasteiger partial charge on any atom is 0.264 e. The highest BCUT2D eigenvalue weighted by molar-refractivity contribution is 7.92. The summed E-state index contributed by atoms with van der Waals surface area (Å²) in [6.07, 6.45) is 0. The molecule has 0 fully saturated rings. The van der Waals surface area contributed by atoms with Gasteiger partial charge in [-0.3, -0.25) is 9.10 Å². The number of nitrogens with zero attached hydrogens (tertiary/aromatic N) is 2. The molecule has 3 aromatic carbocycles. The summed E-state index contributed by atoms with van der Waals surface area (Å²) in [4.78, 5) is 14.9. The van der Waals surface area contributed by atoms with E-state index in [9.17, 15) is 13.2 Å². The van der Waals surface area contributed by atoms with E-state index in [1.165, 1.54) is 35.6 Å². The number of hydrogen-bond donors (Lipinski definition) is 0. The van der Waals surface area contributed by atoms with Gasteiger partial charge in [0.15, 0.2) is 0 Å². The molecule has 0 radical (unpaired) electrons. The van der Waals surface area contributed by atoms with Crippen molar-refractivity contribution >= 4 is 33.2 Å². The topological polar surface area (TPSA) is 57.7 Å². The fourth-order valence-electron chi connectivity index (χ4n) is 3.05. The molecule has 0 spiro atoms. The molecule has 3 rings (SSSR count). The van der Waals surface area contributed by atoms with Crippen LogP contribution in [0.5, 0.6) is 0 Å². The van der Waals surface area contributed by atoms with Crippen molar-refractivity contribution < 1.29 is 13.2 Å². The van der Waals surface area contributed by atoms with Gasteiger partial charge in [-0.15, -0.1) is 0 Å². The van der Waals surface area contributed by atoms with E-state index in [-0.39, 0.29) is 10.8 Å². The highest BCUT2D eigenvalue weighted by Crippen LogP contribution is 2.24. The molecule has 3 aromatic rings. The van der Waals surface area contributed by atoms with Crippen LogP contribution in [0.3, 0.4) is 0 Å². The van der Waals surface area contributed by atoms with Gasteiger partial charge in [0, 0.05) is 30.7 Å². The van der Waals surface area contributed by atoms with Crippen LogP contribution in [0.1, 0.15) is 22.8 Å². The van der Waals surface area contributed by atoms with Gasteiger partial charge in [0.05, 0.1) is 10.6 Å². The van der Waals surface area contributed by atoms with E-state index < -0.39 is 10.0 Å². The predicted octanol–water partition coefficient (Wildman–Crippen LogP) is 4.83. The van der Waals surface area contributed by atoms with E-state index in [0.29, 0.717) is 29.4 Å². The SMILES string of the molecule is CCN(Cc1ccccc1)C(=O)c1cccc(N(C)S(=O)(=O)c2ccc(Cl)cc2)c1. The van der Waals surface area contributed by atoms with E-state index in [2.05, 4.69) is 0 Å². The average Bonchev–Trinajstić information content (AvgIpc) is 2.77. The Kier molecular flexibility index (Phi) is 6.80. The summed E-state index contributed by atoms with van der Waals surface area (Å²) in [5, 5.41) is 0.460. The molecule has 156 valence electrons. The van der Waals surface area contributed by atoms with Gasteiger partial charge in [0.25, 0.3) is 15.9 Å². The first-order valence-corrected chi connectivity index (χ1v) is 11.3. The monoisotopic (exact) mass is 442 g/mol. The van der Waals surface area contributed by atoms with Crippen LogP contribution in [0, 0.1) is 0 Å². The number of anilines is 1. The number of amides is 1. The first-order valence-electron chi connectivity index (χ1n) is 9.50. The summed E-state index contributed by atoms with van der Waals surface area (Å²) >= 11 is 5.86. The Morgan fingerprint density at radius 2 is 1.60 bits per heavy atom. The average molecular weight is 443 g/mol. The zero-order valence-corrected chi connectivity index (χ0v) is 18.4. The number of carbonyl (C=O) groups excluding carboxylic acids is 1. The van der Waals surface area contributed by atoms with Crippen molar-refractivity contribution in [2.45, 2.75) is 18.4 Å². The summed E-state index contributed by atoms with van der Waals surface area (Å²) in [7, 11) is -2.31. The lowest BCUT2D eigenvalue weighted by molar-refractivity contribution is 0.0752. The van der Waals surface area contributed by atoms with Crippen molar-refractivity contribution in [3.8, 4) is 0 Å². The molecular weight excluding hydrogens is 420 g/mol. The molecule has 30 heavy (non-hydrogen) atoms. The first-order chi connectivity index (χ1) is 14.3. The van der Waals surface area contributed by atoms with Crippen LogP contribution in [0.4, 0.5) is 5.69 Å². The quantitative estimate of drug-likeness (QED) is 0.526. The van der Waals surface area contributed by atoms with Crippen LogP contribution in [0.15, 0.2) is 83.8 Å². The second-order valence-corrected chi connectivity index (χ2v) is 9.19. The number of hydrogen-bond acceptors (Lipinski definition) is 3. The number of benzene rings is 3. The van der Waals surface area contributed by atoms with Crippen molar-refractivity contribution in [2.75, 3.05) is 17.9 Å². The highest BCUT2D eigenvalue weighted by atomic mass is 35.5. The smallest absolute Gasteiger partial charge is 0.264 e. The van der Waals surface area contributed by atoms with Crippen molar-refractivity contribution in [1.29, 1.82) is 0 Å². The van der Waals surface area contributed by atoms with Gasteiger partial charge in [-0.1, -0.05) is 48.0 Å². The van der Waals surface area contributed by atoms with Crippen LogP contribution in [-0.4, -0.2) is 32.8 Å². The summed E-state index contributed by atoms with van der Waals surface area (Å²) in [6.45, 7) is 2.94. The molecule has 0 aliphatic carbocycles. The molecule has 0 heterocycles. The Labute approximate surface area is 182 Å². The Hall–Kier alpha value is -2.83. The number of sulfonamides is 1. The summed E-state index contributed by atoms with van der Waals surface area (Å²) in [6, 6.07) is 22.4. The van der Waals surface area contributed by atoms with Gasteiger partial charge >= 0.3 is 0 Å². The minimum Gasteiger partial charge on any atom is -0.335 e. The highest BCUT2D eigenvalue weighted by Gasteiger charge is 2.23. The van der Waals surface area contributed by atoms with Crippen LogP contribution in [0.2, 0.25) is 5.02 Å². The van der Waals surface area contributed by atoms with E-state index in [1.807, 2.05) is 37.3 Å². The fourth-order valence-corrected chi connectivity index (χ4v) is 4.37. The van der Waals surface area contributed by atoms with Gasteiger partial charge in [-0.05, 0) is 55.0 Å². The third-order valence-corrected chi connectivity index (χ3v) is 6.87. The Morgan fingerprint density at radius 3 is 2.23 bits per heavy atom. The molecule has 0 aliphatic heterocycles. The summed E-state index contributed by atoms with van der Waals surface area (Å²) in [5.41, 5.74) is 1.88. The van der Waals surface area contributed by atoms with Crippen LogP contribution >= 0.6 is 11.6 Å². The van der Waals surface area contributed by atoms with E-state index in [4.69, 9.17) is 11.6 Å². The minimum absolute atomic E-state index is 0.130. The zero-order valence-electron chi connectivity index (χ0n) is 16.8. The third kappa shape index (κ3) is 4.83. The van der Waals surface area contributed by atoms with Crippen LogP contribution < -0.4 is 4.31 Å². The lowest BCUT2D eigenvalue weighted by Crippen LogP contribution is -2.31. The molecule has 0 saturated heterocycles. The van der Waals surface area contributed by atoms with Crippen molar-refractivity contribution in [3.63, 3.8) is 0 Å². The van der Waals surface area contributed by atoms with Gasteiger partial charge < -0.3 is 4.90 Å². The molecule has 0 atom stereocenters. The van der Waals surface area contributed by atoms with Gasteiger partial charge in [-0.25, -0.2) is 8.42 Å². The molecule has 7 heteroatoms. The van der Waals surface area contributed by atoms with E-state index in [0.717, 1.165) is 5.56 Å². The second kappa shape index (κ2) is 9.32.